The Morgan fingerprint density at radius 2 is 1.70 bits per heavy atom. The normalized spacial score (nSPS) is 13.7. The molecule has 0 fully saturated rings. The summed E-state index contributed by atoms with van der Waals surface area (Å²) in [7, 11) is 0. The molecule has 3 unspecified atom stereocenters. The summed E-state index contributed by atoms with van der Waals surface area (Å²) < 4.78 is 0. The van der Waals surface area contributed by atoms with Gasteiger partial charge in [0, 0.05) is 6.42 Å². The van der Waals surface area contributed by atoms with Crippen LogP contribution in [0.2, 0.25) is 0 Å². The topological polar surface area (TPSA) is 171 Å². The van der Waals surface area contributed by atoms with Gasteiger partial charge in [0.1, 0.15) is 6.04 Å². The van der Waals surface area contributed by atoms with E-state index in [-0.39, 0.29) is 19.5 Å². The first-order valence-electron chi connectivity index (χ1n) is 8.26. The molecule has 3 amide bonds. The van der Waals surface area contributed by atoms with Crippen LogP contribution in [0.5, 0.6) is 0 Å². The third-order valence-corrected chi connectivity index (χ3v) is 3.61. The lowest BCUT2D eigenvalue weighted by molar-refractivity contribution is -0.145. The molecule has 0 bridgehead atoms. The summed E-state index contributed by atoms with van der Waals surface area (Å²) in [6.07, 6.45) is -1.24. The minimum atomic E-state index is -1.52. The standard InChI is InChI=1S/C17H24N4O6/c1-10(22)15(17(26)27)21-16(25)12(7-11-5-3-2-4-6-11)20-14(24)9-19-13(23)8-18/h2-6,10,12,15,22H,7-9,18H2,1H3,(H,19,23)(H,20,24)(H,21,25)(H,26,27). The maximum absolute atomic E-state index is 12.5. The van der Waals surface area contributed by atoms with Gasteiger partial charge >= 0.3 is 5.97 Å². The number of carboxylic acid groups (broad SMARTS) is 1. The van der Waals surface area contributed by atoms with Crippen molar-refractivity contribution < 1.29 is 29.4 Å². The van der Waals surface area contributed by atoms with Crippen molar-refractivity contribution in [3.63, 3.8) is 0 Å². The second-order valence-corrected chi connectivity index (χ2v) is 5.86. The van der Waals surface area contributed by atoms with Crippen LogP contribution in [0.3, 0.4) is 0 Å². The number of amides is 3. The first-order chi connectivity index (χ1) is 12.7. The number of carbonyl (C=O) groups excluding carboxylic acids is 3. The SMILES string of the molecule is CC(O)C(NC(=O)C(Cc1ccccc1)NC(=O)CNC(=O)CN)C(=O)O. The number of nitrogens with one attached hydrogen (secondary N) is 3. The summed E-state index contributed by atoms with van der Waals surface area (Å²) in [6.45, 7) is 0.565. The highest BCUT2D eigenvalue weighted by Gasteiger charge is 2.29. The fraction of sp³-hybridized carbons (Fsp3) is 0.412. The lowest BCUT2D eigenvalue weighted by atomic mass is 10.0. The lowest BCUT2D eigenvalue weighted by Crippen LogP contribution is -2.56. The molecule has 0 aromatic heterocycles. The van der Waals surface area contributed by atoms with Crippen LogP contribution in [0.1, 0.15) is 12.5 Å². The summed E-state index contributed by atoms with van der Waals surface area (Å²) >= 11 is 0. The van der Waals surface area contributed by atoms with Crippen LogP contribution in [-0.2, 0) is 25.6 Å². The van der Waals surface area contributed by atoms with Gasteiger partial charge < -0.3 is 31.9 Å². The van der Waals surface area contributed by atoms with E-state index in [1.165, 1.54) is 6.92 Å². The van der Waals surface area contributed by atoms with E-state index in [9.17, 15) is 24.3 Å². The Kier molecular flexibility index (Phi) is 8.90. The number of aliphatic hydroxyl groups is 1. The number of aliphatic carboxylic acids is 1. The maximum atomic E-state index is 12.5. The van der Waals surface area contributed by atoms with Crippen LogP contribution in [0.15, 0.2) is 30.3 Å². The Labute approximate surface area is 156 Å². The molecular formula is C17H24N4O6. The molecule has 10 nitrogen and oxygen atoms in total. The third kappa shape index (κ3) is 7.84. The molecule has 0 aliphatic carbocycles. The smallest absolute Gasteiger partial charge is 0.328 e. The van der Waals surface area contributed by atoms with E-state index in [4.69, 9.17) is 10.8 Å². The summed E-state index contributed by atoms with van der Waals surface area (Å²) in [5, 5.41) is 25.5. The Bertz CT molecular complexity index is 665. The Morgan fingerprint density at radius 3 is 2.22 bits per heavy atom. The monoisotopic (exact) mass is 380 g/mol. The van der Waals surface area contributed by atoms with Gasteiger partial charge in [0.25, 0.3) is 0 Å². The second-order valence-electron chi connectivity index (χ2n) is 5.86. The van der Waals surface area contributed by atoms with E-state index in [2.05, 4.69) is 16.0 Å². The van der Waals surface area contributed by atoms with E-state index in [0.717, 1.165) is 5.56 Å². The number of carboxylic acids is 1. The van der Waals surface area contributed by atoms with Crippen LogP contribution in [-0.4, -0.2) is 65.2 Å². The number of benzene rings is 1. The number of nitrogens with two attached hydrogens (primary N) is 1. The largest absolute Gasteiger partial charge is 0.480 e. The van der Waals surface area contributed by atoms with Gasteiger partial charge in [0.05, 0.1) is 19.2 Å². The molecule has 0 aliphatic rings. The number of carbonyl (C=O) groups is 4. The molecule has 1 aromatic carbocycles. The number of hydrogen-bond acceptors (Lipinski definition) is 6. The fourth-order valence-corrected chi connectivity index (χ4v) is 2.20. The zero-order chi connectivity index (χ0) is 20.4. The molecule has 148 valence electrons. The van der Waals surface area contributed by atoms with Crippen LogP contribution in [0.4, 0.5) is 0 Å². The van der Waals surface area contributed by atoms with Crippen LogP contribution in [0.25, 0.3) is 0 Å². The predicted molar refractivity (Wildman–Crippen MR) is 95.4 cm³/mol. The summed E-state index contributed by atoms with van der Waals surface area (Å²) in [4.78, 5) is 46.8. The second kappa shape index (κ2) is 10.9. The molecule has 3 atom stereocenters. The molecule has 0 saturated heterocycles. The van der Waals surface area contributed by atoms with Crippen LogP contribution < -0.4 is 21.7 Å². The highest BCUT2D eigenvalue weighted by Crippen LogP contribution is 2.05. The minimum absolute atomic E-state index is 0.0927. The Hall–Kier alpha value is -2.98. The Morgan fingerprint density at radius 1 is 1.07 bits per heavy atom. The van der Waals surface area contributed by atoms with Crippen molar-refractivity contribution in [3.05, 3.63) is 35.9 Å². The van der Waals surface area contributed by atoms with Gasteiger partial charge in [-0.3, -0.25) is 14.4 Å². The van der Waals surface area contributed by atoms with Crippen molar-refractivity contribution in [1.29, 1.82) is 0 Å². The van der Waals surface area contributed by atoms with Gasteiger partial charge in [-0.25, -0.2) is 4.79 Å². The average Bonchev–Trinajstić information content (AvgIpc) is 2.63. The van der Waals surface area contributed by atoms with Crippen molar-refractivity contribution in [1.82, 2.24) is 16.0 Å². The Balaban J connectivity index is 2.86. The quantitative estimate of drug-likeness (QED) is 0.266. The molecule has 0 radical (unpaired) electrons. The molecule has 0 spiro atoms. The lowest BCUT2D eigenvalue weighted by Gasteiger charge is -2.23. The maximum Gasteiger partial charge on any atom is 0.328 e. The molecule has 0 aliphatic heterocycles. The van der Waals surface area contributed by atoms with Crippen molar-refractivity contribution >= 4 is 23.7 Å². The molecule has 7 N–H and O–H groups in total. The van der Waals surface area contributed by atoms with Gasteiger partial charge in [-0.1, -0.05) is 30.3 Å². The first kappa shape index (κ1) is 22.1. The van der Waals surface area contributed by atoms with E-state index in [1.54, 1.807) is 30.3 Å². The molecular weight excluding hydrogens is 356 g/mol. The highest BCUT2D eigenvalue weighted by molar-refractivity contribution is 5.92. The van der Waals surface area contributed by atoms with E-state index < -0.39 is 41.9 Å². The summed E-state index contributed by atoms with van der Waals surface area (Å²) in [5.74, 6) is -3.35. The summed E-state index contributed by atoms with van der Waals surface area (Å²) in [6, 6.07) is 6.15. The minimum Gasteiger partial charge on any atom is -0.480 e. The predicted octanol–water partition coefficient (Wildman–Crippen LogP) is -2.26. The molecule has 0 heterocycles. The fourth-order valence-electron chi connectivity index (χ4n) is 2.20. The van der Waals surface area contributed by atoms with E-state index >= 15 is 0 Å². The average molecular weight is 380 g/mol. The zero-order valence-electron chi connectivity index (χ0n) is 14.8. The summed E-state index contributed by atoms with van der Waals surface area (Å²) in [5.41, 5.74) is 5.86. The van der Waals surface area contributed by atoms with Crippen molar-refractivity contribution in [2.24, 2.45) is 5.73 Å². The van der Waals surface area contributed by atoms with Gasteiger partial charge in [0.15, 0.2) is 6.04 Å². The van der Waals surface area contributed by atoms with Gasteiger partial charge in [-0.05, 0) is 12.5 Å². The number of aliphatic hydroxyl groups excluding tert-OH is 1. The van der Waals surface area contributed by atoms with Gasteiger partial charge in [-0.2, -0.15) is 0 Å². The molecule has 1 rings (SSSR count). The van der Waals surface area contributed by atoms with Gasteiger partial charge in [-0.15, -0.1) is 0 Å². The number of rotatable bonds is 10. The van der Waals surface area contributed by atoms with Crippen LogP contribution >= 0.6 is 0 Å². The number of hydrogen-bond donors (Lipinski definition) is 6. The van der Waals surface area contributed by atoms with Crippen molar-refractivity contribution in [3.8, 4) is 0 Å². The third-order valence-electron chi connectivity index (χ3n) is 3.61. The van der Waals surface area contributed by atoms with Crippen molar-refractivity contribution in [2.45, 2.75) is 31.5 Å². The van der Waals surface area contributed by atoms with E-state index in [1.807, 2.05) is 0 Å². The van der Waals surface area contributed by atoms with Crippen molar-refractivity contribution in [2.75, 3.05) is 13.1 Å². The first-order valence-corrected chi connectivity index (χ1v) is 8.26. The van der Waals surface area contributed by atoms with Gasteiger partial charge in [0.2, 0.25) is 17.7 Å². The highest BCUT2D eigenvalue weighted by atomic mass is 16.4. The van der Waals surface area contributed by atoms with Crippen LogP contribution in [0, 0.1) is 0 Å². The molecule has 27 heavy (non-hydrogen) atoms. The molecule has 0 saturated carbocycles. The van der Waals surface area contributed by atoms with E-state index in [0.29, 0.717) is 0 Å². The zero-order valence-corrected chi connectivity index (χ0v) is 14.8. The molecule has 10 heteroatoms. The molecule has 1 aromatic rings.